The first-order valence-corrected chi connectivity index (χ1v) is 8.78. The minimum Gasteiger partial charge on any atom is -0.370 e. The molecule has 0 radical (unpaired) electrons. The first-order chi connectivity index (χ1) is 12.5. The average Bonchev–Trinajstić information content (AvgIpc) is 2.95. The number of ether oxygens (including phenoxy) is 1. The summed E-state index contributed by atoms with van der Waals surface area (Å²) in [7, 11) is 0. The summed E-state index contributed by atoms with van der Waals surface area (Å²) in [6, 6.07) is 12.1. The predicted octanol–water partition coefficient (Wildman–Crippen LogP) is 4.14. The van der Waals surface area contributed by atoms with Gasteiger partial charge in [-0.25, -0.2) is 4.39 Å². The number of nitrogens with zero attached hydrogens (tertiary/aromatic N) is 1. The van der Waals surface area contributed by atoms with E-state index in [9.17, 15) is 9.18 Å². The van der Waals surface area contributed by atoms with E-state index in [4.69, 9.17) is 4.74 Å². The normalized spacial score (nSPS) is 17.7. The van der Waals surface area contributed by atoms with Gasteiger partial charge in [0, 0.05) is 28.7 Å². The van der Waals surface area contributed by atoms with Gasteiger partial charge in [-0.1, -0.05) is 12.1 Å². The van der Waals surface area contributed by atoms with Crippen molar-refractivity contribution < 1.29 is 13.9 Å². The van der Waals surface area contributed by atoms with E-state index in [0.717, 1.165) is 22.2 Å². The fraction of sp³-hybridized carbons (Fsp3) is 0.286. The van der Waals surface area contributed by atoms with Crippen LogP contribution in [0.4, 0.5) is 4.39 Å². The molecule has 1 N–H and O–H groups in total. The molecule has 1 aliphatic heterocycles. The second-order valence-electron chi connectivity index (χ2n) is 6.80. The van der Waals surface area contributed by atoms with Crippen LogP contribution >= 0.6 is 0 Å². The number of aromatic nitrogens is 1. The van der Waals surface area contributed by atoms with E-state index in [1.165, 1.54) is 17.7 Å². The van der Waals surface area contributed by atoms with Gasteiger partial charge in [0.1, 0.15) is 11.9 Å². The Hall–Kier alpha value is -2.66. The Bertz CT molecular complexity index is 962. The molecule has 1 aromatic heterocycles. The van der Waals surface area contributed by atoms with Gasteiger partial charge in [0.15, 0.2) is 0 Å². The number of rotatable bonds is 2. The summed E-state index contributed by atoms with van der Waals surface area (Å²) >= 11 is 0. The number of carbonyl (C=O) groups excluding carboxylic acids is 1. The van der Waals surface area contributed by atoms with Crippen LogP contribution in [-0.2, 0) is 4.74 Å². The average molecular weight is 352 g/mol. The highest BCUT2D eigenvalue weighted by atomic mass is 19.1. The maximum Gasteiger partial charge on any atom is 0.254 e. The molecule has 1 saturated heterocycles. The fourth-order valence-corrected chi connectivity index (χ4v) is 3.49. The van der Waals surface area contributed by atoms with E-state index < -0.39 is 0 Å². The van der Waals surface area contributed by atoms with Gasteiger partial charge in [-0.15, -0.1) is 0 Å². The first kappa shape index (κ1) is 16.8. The molecular formula is C21H21FN2O2. The van der Waals surface area contributed by atoms with E-state index >= 15 is 0 Å². The van der Waals surface area contributed by atoms with Crippen molar-refractivity contribution in [2.45, 2.75) is 20.0 Å². The second-order valence-corrected chi connectivity index (χ2v) is 6.80. The number of fused-ring (bicyclic) bond motifs is 1. The van der Waals surface area contributed by atoms with Gasteiger partial charge in [-0.3, -0.25) is 4.79 Å². The molecule has 134 valence electrons. The zero-order valence-corrected chi connectivity index (χ0v) is 14.9. The van der Waals surface area contributed by atoms with Crippen molar-refractivity contribution in [3.05, 3.63) is 70.7 Å². The summed E-state index contributed by atoms with van der Waals surface area (Å²) in [6.07, 6.45) is -0.228. The number of carbonyl (C=O) groups is 1. The van der Waals surface area contributed by atoms with Crippen molar-refractivity contribution in [2.75, 3.05) is 19.7 Å². The van der Waals surface area contributed by atoms with Gasteiger partial charge in [0.05, 0.1) is 13.2 Å². The van der Waals surface area contributed by atoms with Crippen LogP contribution in [0, 0.1) is 19.7 Å². The molecule has 2 aromatic carbocycles. The molecule has 0 bridgehead atoms. The van der Waals surface area contributed by atoms with E-state index in [1.807, 2.05) is 30.0 Å². The number of benzene rings is 2. The molecule has 1 amide bonds. The molecule has 0 unspecified atom stereocenters. The van der Waals surface area contributed by atoms with Crippen molar-refractivity contribution in [3.8, 4) is 0 Å². The summed E-state index contributed by atoms with van der Waals surface area (Å²) in [5.74, 6) is -0.275. The molecule has 2 heterocycles. The van der Waals surface area contributed by atoms with Gasteiger partial charge >= 0.3 is 0 Å². The molecule has 0 saturated carbocycles. The second kappa shape index (κ2) is 6.57. The lowest BCUT2D eigenvalue weighted by Gasteiger charge is -2.33. The van der Waals surface area contributed by atoms with Crippen molar-refractivity contribution in [2.24, 2.45) is 0 Å². The minimum atomic E-state index is -0.275. The van der Waals surface area contributed by atoms with Crippen LogP contribution in [-0.4, -0.2) is 35.5 Å². The number of aromatic amines is 1. The molecule has 0 spiro atoms. The summed E-state index contributed by atoms with van der Waals surface area (Å²) in [5.41, 5.74) is 4.90. The number of halogens is 1. The lowest BCUT2D eigenvalue weighted by Crippen LogP contribution is -2.42. The third kappa shape index (κ3) is 2.99. The summed E-state index contributed by atoms with van der Waals surface area (Å²) in [4.78, 5) is 18.1. The monoisotopic (exact) mass is 352 g/mol. The number of amides is 1. The van der Waals surface area contributed by atoms with Crippen LogP contribution in [0.15, 0.2) is 42.5 Å². The van der Waals surface area contributed by atoms with Crippen LogP contribution in [0.5, 0.6) is 0 Å². The maximum atomic E-state index is 13.1. The van der Waals surface area contributed by atoms with Crippen LogP contribution < -0.4 is 0 Å². The smallest absolute Gasteiger partial charge is 0.254 e. The Morgan fingerprint density at radius 2 is 1.96 bits per heavy atom. The van der Waals surface area contributed by atoms with Gasteiger partial charge in [-0.2, -0.15) is 0 Å². The van der Waals surface area contributed by atoms with Gasteiger partial charge in [-0.05, 0) is 55.3 Å². The summed E-state index contributed by atoms with van der Waals surface area (Å²) in [5, 5.41) is 1.08. The number of hydrogen-bond acceptors (Lipinski definition) is 2. The van der Waals surface area contributed by atoms with E-state index in [0.29, 0.717) is 25.3 Å². The standard InChI is InChI=1S/C21H21FN2O2/c1-13-14(2)23-19-8-5-16(11-18(13)19)21(25)24-9-10-26-20(12-24)15-3-6-17(22)7-4-15/h3-8,11,20,23H,9-10,12H2,1-2H3/t20-/m0/s1. The number of H-pyrrole nitrogens is 1. The Morgan fingerprint density at radius 1 is 1.19 bits per heavy atom. The molecule has 26 heavy (non-hydrogen) atoms. The van der Waals surface area contributed by atoms with Crippen molar-refractivity contribution >= 4 is 16.8 Å². The van der Waals surface area contributed by atoms with Gasteiger partial charge in [0.2, 0.25) is 0 Å². The highest BCUT2D eigenvalue weighted by Gasteiger charge is 2.26. The van der Waals surface area contributed by atoms with E-state index in [-0.39, 0.29) is 17.8 Å². The molecule has 1 aliphatic rings. The molecule has 1 fully saturated rings. The molecule has 4 nitrogen and oxygen atoms in total. The number of hydrogen-bond donors (Lipinski definition) is 1. The molecule has 0 aliphatic carbocycles. The SMILES string of the molecule is Cc1[nH]c2ccc(C(=O)N3CCO[C@H](c4ccc(F)cc4)C3)cc2c1C. The third-order valence-electron chi connectivity index (χ3n) is 5.15. The van der Waals surface area contributed by atoms with Gasteiger partial charge in [0.25, 0.3) is 5.91 Å². The van der Waals surface area contributed by atoms with Crippen molar-refractivity contribution in [1.82, 2.24) is 9.88 Å². The molecule has 1 atom stereocenters. The third-order valence-corrected chi connectivity index (χ3v) is 5.15. The first-order valence-electron chi connectivity index (χ1n) is 8.78. The number of nitrogens with one attached hydrogen (secondary N) is 1. The molecule has 3 aromatic rings. The Kier molecular flexibility index (Phi) is 4.24. The minimum absolute atomic E-state index is 0.000523. The Labute approximate surface area is 151 Å². The molecule has 5 heteroatoms. The van der Waals surface area contributed by atoms with Crippen LogP contribution in [0.1, 0.15) is 33.3 Å². The number of morpholine rings is 1. The Morgan fingerprint density at radius 3 is 2.73 bits per heavy atom. The maximum absolute atomic E-state index is 13.1. The predicted molar refractivity (Wildman–Crippen MR) is 98.8 cm³/mol. The van der Waals surface area contributed by atoms with Crippen molar-refractivity contribution in [3.63, 3.8) is 0 Å². The van der Waals surface area contributed by atoms with Crippen LogP contribution in [0.3, 0.4) is 0 Å². The zero-order valence-electron chi connectivity index (χ0n) is 14.9. The van der Waals surface area contributed by atoms with Gasteiger partial charge < -0.3 is 14.6 Å². The zero-order chi connectivity index (χ0) is 18.3. The number of aryl methyl sites for hydroxylation is 2. The summed E-state index contributed by atoms with van der Waals surface area (Å²) in [6.45, 7) is 5.58. The Balaban J connectivity index is 1.57. The van der Waals surface area contributed by atoms with Crippen LogP contribution in [0.2, 0.25) is 0 Å². The molecular weight excluding hydrogens is 331 g/mol. The molecule has 4 rings (SSSR count). The lowest BCUT2D eigenvalue weighted by molar-refractivity contribution is -0.0228. The topological polar surface area (TPSA) is 45.3 Å². The largest absolute Gasteiger partial charge is 0.370 e. The van der Waals surface area contributed by atoms with Crippen LogP contribution in [0.25, 0.3) is 10.9 Å². The van der Waals surface area contributed by atoms with E-state index in [2.05, 4.69) is 11.9 Å². The van der Waals surface area contributed by atoms with E-state index in [1.54, 1.807) is 12.1 Å². The highest BCUT2D eigenvalue weighted by molar-refractivity contribution is 5.99. The quantitative estimate of drug-likeness (QED) is 0.753. The fourth-order valence-electron chi connectivity index (χ4n) is 3.49. The lowest BCUT2D eigenvalue weighted by atomic mass is 10.1. The summed E-state index contributed by atoms with van der Waals surface area (Å²) < 4.78 is 18.9. The highest BCUT2D eigenvalue weighted by Crippen LogP contribution is 2.26. The van der Waals surface area contributed by atoms with Crippen molar-refractivity contribution in [1.29, 1.82) is 0 Å².